The maximum Gasteiger partial charge on any atom is 0.110 e. The summed E-state index contributed by atoms with van der Waals surface area (Å²) in [7, 11) is 0. The minimum absolute atomic E-state index is 0.500. The number of aromatic nitrogens is 1. The van der Waals surface area contributed by atoms with Gasteiger partial charge in [-0.2, -0.15) is 0 Å². The van der Waals surface area contributed by atoms with Crippen LogP contribution >= 0.6 is 11.3 Å². The first-order valence-electron chi connectivity index (χ1n) is 5.13. The van der Waals surface area contributed by atoms with E-state index in [0.717, 1.165) is 18.5 Å². The van der Waals surface area contributed by atoms with Gasteiger partial charge in [-0.3, -0.25) is 0 Å². The normalized spacial score (nSPS) is 41.5. The number of hydrogen-bond donors (Lipinski definition) is 2. The molecule has 1 aromatic heterocycles. The minimum Gasteiger partial charge on any atom is -0.383 e. The first-order chi connectivity index (χ1) is 6.76. The largest absolute Gasteiger partial charge is 0.383 e. The van der Waals surface area contributed by atoms with Gasteiger partial charge in [-0.15, -0.1) is 11.3 Å². The zero-order valence-electron chi connectivity index (χ0n) is 7.94. The van der Waals surface area contributed by atoms with E-state index in [0.29, 0.717) is 12.1 Å². The standard InChI is InChI=1S/C10H14N2OS/c13-10(9-5-14-6-11-9)3-7-1-2-8(4-10)12-7/h5-8,12-13H,1-4H2. The molecule has 0 saturated carbocycles. The second-order valence-electron chi connectivity index (χ2n) is 4.45. The minimum atomic E-state index is -0.656. The Balaban J connectivity index is 1.90. The second kappa shape index (κ2) is 3.02. The van der Waals surface area contributed by atoms with Gasteiger partial charge >= 0.3 is 0 Å². The van der Waals surface area contributed by atoms with E-state index in [4.69, 9.17) is 0 Å². The molecule has 2 aliphatic heterocycles. The van der Waals surface area contributed by atoms with Crippen molar-refractivity contribution < 1.29 is 5.11 Å². The lowest BCUT2D eigenvalue weighted by atomic mass is 9.85. The van der Waals surface area contributed by atoms with Crippen LogP contribution in [-0.2, 0) is 5.60 Å². The Kier molecular flexibility index (Phi) is 1.90. The van der Waals surface area contributed by atoms with E-state index < -0.39 is 5.60 Å². The van der Waals surface area contributed by atoms with Gasteiger partial charge in [0.15, 0.2) is 0 Å². The molecule has 3 heterocycles. The molecule has 2 saturated heterocycles. The van der Waals surface area contributed by atoms with Gasteiger partial charge in [0.05, 0.1) is 11.2 Å². The summed E-state index contributed by atoms with van der Waals surface area (Å²) >= 11 is 1.56. The Morgan fingerprint density at radius 2 is 2.14 bits per heavy atom. The van der Waals surface area contributed by atoms with Crippen LogP contribution < -0.4 is 5.32 Å². The summed E-state index contributed by atoms with van der Waals surface area (Å²) in [4.78, 5) is 4.25. The maximum atomic E-state index is 10.5. The van der Waals surface area contributed by atoms with Gasteiger partial charge in [0.1, 0.15) is 5.60 Å². The van der Waals surface area contributed by atoms with Crippen molar-refractivity contribution in [3.8, 4) is 0 Å². The number of thiazole rings is 1. The van der Waals surface area contributed by atoms with Crippen molar-refractivity contribution in [3.63, 3.8) is 0 Å². The van der Waals surface area contributed by atoms with Crippen LogP contribution in [0, 0.1) is 0 Å². The number of nitrogens with zero attached hydrogens (tertiary/aromatic N) is 1. The van der Waals surface area contributed by atoms with Crippen molar-refractivity contribution in [1.29, 1.82) is 0 Å². The summed E-state index contributed by atoms with van der Waals surface area (Å²) in [6.07, 6.45) is 4.06. The summed E-state index contributed by atoms with van der Waals surface area (Å²) in [5, 5.41) is 16.0. The number of nitrogens with one attached hydrogen (secondary N) is 1. The lowest BCUT2D eigenvalue weighted by Crippen LogP contribution is -2.46. The van der Waals surface area contributed by atoms with E-state index in [1.165, 1.54) is 12.8 Å². The van der Waals surface area contributed by atoms with Crippen molar-refractivity contribution in [2.45, 2.75) is 43.4 Å². The molecule has 0 aromatic carbocycles. The van der Waals surface area contributed by atoms with Crippen LogP contribution in [0.4, 0.5) is 0 Å². The molecule has 2 atom stereocenters. The maximum absolute atomic E-state index is 10.5. The number of piperidine rings is 1. The molecule has 2 N–H and O–H groups in total. The van der Waals surface area contributed by atoms with Crippen LogP contribution in [0.25, 0.3) is 0 Å². The summed E-state index contributed by atoms with van der Waals surface area (Å²) in [6.45, 7) is 0. The molecular weight excluding hydrogens is 196 g/mol. The summed E-state index contributed by atoms with van der Waals surface area (Å²) in [5.74, 6) is 0. The lowest BCUT2D eigenvalue weighted by Gasteiger charge is -2.35. The second-order valence-corrected chi connectivity index (χ2v) is 5.17. The summed E-state index contributed by atoms with van der Waals surface area (Å²) in [6, 6.07) is 1.00. The first kappa shape index (κ1) is 8.83. The van der Waals surface area contributed by atoms with Crippen LogP contribution in [0.5, 0.6) is 0 Å². The number of fused-ring (bicyclic) bond motifs is 2. The fraction of sp³-hybridized carbons (Fsp3) is 0.700. The molecule has 76 valence electrons. The number of aliphatic hydroxyl groups is 1. The van der Waals surface area contributed by atoms with Crippen molar-refractivity contribution >= 4 is 11.3 Å². The predicted octanol–water partition coefficient (Wildman–Crippen LogP) is 1.25. The van der Waals surface area contributed by atoms with Gasteiger partial charge in [0, 0.05) is 17.5 Å². The zero-order valence-corrected chi connectivity index (χ0v) is 8.76. The van der Waals surface area contributed by atoms with Gasteiger partial charge < -0.3 is 10.4 Å². The fourth-order valence-corrected chi connectivity index (χ4v) is 3.42. The van der Waals surface area contributed by atoms with Crippen LogP contribution in [0.3, 0.4) is 0 Å². The Labute approximate surface area is 87.2 Å². The van der Waals surface area contributed by atoms with Gasteiger partial charge in [-0.1, -0.05) is 0 Å². The molecule has 0 amide bonds. The van der Waals surface area contributed by atoms with Gasteiger partial charge in [0.2, 0.25) is 0 Å². The molecule has 3 nitrogen and oxygen atoms in total. The highest BCUT2D eigenvalue weighted by molar-refractivity contribution is 7.07. The monoisotopic (exact) mass is 210 g/mol. The van der Waals surface area contributed by atoms with Crippen molar-refractivity contribution in [3.05, 3.63) is 16.6 Å². The Morgan fingerprint density at radius 1 is 1.43 bits per heavy atom. The van der Waals surface area contributed by atoms with E-state index in [-0.39, 0.29) is 0 Å². The van der Waals surface area contributed by atoms with E-state index in [2.05, 4.69) is 10.3 Å². The Hall–Kier alpha value is -0.450. The van der Waals surface area contributed by atoms with Gasteiger partial charge in [0.25, 0.3) is 0 Å². The third-order valence-electron chi connectivity index (χ3n) is 3.41. The molecule has 0 radical (unpaired) electrons. The van der Waals surface area contributed by atoms with Crippen molar-refractivity contribution in [2.24, 2.45) is 0 Å². The molecule has 0 aliphatic carbocycles. The van der Waals surface area contributed by atoms with Gasteiger partial charge in [-0.25, -0.2) is 4.98 Å². The molecule has 4 heteroatoms. The van der Waals surface area contributed by atoms with Crippen molar-refractivity contribution in [1.82, 2.24) is 10.3 Å². The molecule has 2 unspecified atom stereocenters. The SMILES string of the molecule is OC1(c2cscn2)CC2CCC(C1)N2. The smallest absolute Gasteiger partial charge is 0.110 e. The highest BCUT2D eigenvalue weighted by Gasteiger charge is 2.44. The molecular formula is C10H14N2OS. The molecule has 14 heavy (non-hydrogen) atoms. The Bertz CT molecular complexity index is 313. The number of hydrogen-bond acceptors (Lipinski definition) is 4. The van der Waals surface area contributed by atoms with E-state index >= 15 is 0 Å². The summed E-state index contributed by atoms with van der Waals surface area (Å²) < 4.78 is 0. The van der Waals surface area contributed by atoms with Crippen LogP contribution in [0.15, 0.2) is 10.9 Å². The van der Waals surface area contributed by atoms with E-state index in [9.17, 15) is 5.11 Å². The molecule has 3 rings (SSSR count). The van der Waals surface area contributed by atoms with Crippen molar-refractivity contribution in [2.75, 3.05) is 0 Å². The zero-order chi connectivity index (χ0) is 9.60. The average Bonchev–Trinajstić information content (AvgIpc) is 2.75. The van der Waals surface area contributed by atoms with Crippen LogP contribution in [0.2, 0.25) is 0 Å². The first-order valence-corrected chi connectivity index (χ1v) is 6.08. The van der Waals surface area contributed by atoms with E-state index in [1.807, 2.05) is 5.38 Å². The molecule has 2 bridgehead atoms. The average molecular weight is 210 g/mol. The lowest BCUT2D eigenvalue weighted by molar-refractivity contribution is -0.0147. The Morgan fingerprint density at radius 3 is 2.71 bits per heavy atom. The highest BCUT2D eigenvalue weighted by atomic mass is 32.1. The van der Waals surface area contributed by atoms with Gasteiger partial charge in [-0.05, 0) is 25.7 Å². The van der Waals surface area contributed by atoms with Crippen LogP contribution in [0.1, 0.15) is 31.4 Å². The quantitative estimate of drug-likeness (QED) is 0.733. The third-order valence-corrected chi connectivity index (χ3v) is 4.00. The van der Waals surface area contributed by atoms with E-state index in [1.54, 1.807) is 16.8 Å². The summed E-state index contributed by atoms with van der Waals surface area (Å²) in [5.41, 5.74) is 2.02. The number of rotatable bonds is 1. The molecule has 2 fully saturated rings. The molecule has 2 aliphatic rings. The highest BCUT2D eigenvalue weighted by Crippen LogP contribution is 2.40. The topological polar surface area (TPSA) is 45.2 Å². The predicted molar refractivity (Wildman–Crippen MR) is 55.2 cm³/mol. The van der Waals surface area contributed by atoms with Crippen LogP contribution in [-0.4, -0.2) is 22.2 Å². The molecule has 1 aromatic rings. The molecule has 0 spiro atoms. The third kappa shape index (κ3) is 1.29. The fourth-order valence-electron chi connectivity index (χ4n) is 2.77.